The lowest BCUT2D eigenvalue weighted by Crippen LogP contribution is -2.22. The Bertz CT molecular complexity index is 550. The van der Waals surface area contributed by atoms with E-state index in [1.165, 1.54) is 6.07 Å². The largest absolute Gasteiger partial charge is 0.309 e. The third-order valence-electron chi connectivity index (χ3n) is 2.57. The number of terminal acetylenes is 1. The van der Waals surface area contributed by atoms with Gasteiger partial charge in [0.25, 0.3) is 0 Å². The van der Waals surface area contributed by atoms with Crippen LogP contribution in [0, 0.1) is 12.3 Å². The summed E-state index contributed by atoms with van der Waals surface area (Å²) in [6.07, 6.45) is 5.16. The van der Waals surface area contributed by atoms with Crippen LogP contribution < -0.4 is 10.5 Å². The highest BCUT2D eigenvalue weighted by atomic mass is 32.2. The summed E-state index contributed by atoms with van der Waals surface area (Å²) in [5.41, 5.74) is 0.897. The molecule has 0 spiro atoms. The van der Waals surface area contributed by atoms with E-state index in [0.717, 1.165) is 17.9 Å². The van der Waals surface area contributed by atoms with Gasteiger partial charge in [-0.2, -0.15) is 0 Å². The van der Waals surface area contributed by atoms with Gasteiger partial charge in [0.2, 0.25) is 10.0 Å². The summed E-state index contributed by atoms with van der Waals surface area (Å²) in [6.45, 7) is 2.79. The van der Waals surface area contributed by atoms with Crippen molar-refractivity contribution >= 4 is 21.8 Å². The third kappa shape index (κ3) is 5.66. The Hall–Kier alpha value is -1.00. The monoisotopic (exact) mass is 298 g/mol. The zero-order valence-electron chi connectivity index (χ0n) is 10.8. The molecule has 0 saturated heterocycles. The molecule has 0 aliphatic heterocycles. The highest BCUT2D eigenvalue weighted by molar-refractivity contribution is 7.99. The van der Waals surface area contributed by atoms with Crippen LogP contribution in [0.2, 0.25) is 0 Å². The molecule has 0 heterocycles. The van der Waals surface area contributed by atoms with E-state index in [2.05, 4.69) is 11.2 Å². The van der Waals surface area contributed by atoms with Crippen LogP contribution in [0.4, 0.5) is 0 Å². The van der Waals surface area contributed by atoms with E-state index < -0.39 is 10.0 Å². The van der Waals surface area contributed by atoms with Crippen LogP contribution in [0.25, 0.3) is 0 Å². The summed E-state index contributed by atoms with van der Waals surface area (Å²) < 4.78 is 22.6. The highest BCUT2D eigenvalue weighted by Crippen LogP contribution is 2.16. The van der Waals surface area contributed by atoms with E-state index >= 15 is 0 Å². The van der Waals surface area contributed by atoms with Crippen molar-refractivity contribution < 1.29 is 8.42 Å². The van der Waals surface area contributed by atoms with Crippen molar-refractivity contribution in [2.75, 3.05) is 18.1 Å². The van der Waals surface area contributed by atoms with Crippen molar-refractivity contribution in [2.24, 2.45) is 5.14 Å². The fourth-order valence-corrected chi connectivity index (χ4v) is 2.65. The van der Waals surface area contributed by atoms with Crippen LogP contribution in [-0.2, 0) is 10.0 Å². The maximum atomic E-state index is 11.3. The Morgan fingerprint density at radius 3 is 2.89 bits per heavy atom. The Labute approximate surface area is 119 Å². The first kappa shape index (κ1) is 16.1. The van der Waals surface area contributed by atoms with Gasteiger partial charge in [-0.25, -0.2) is 13.6 Å². The first-order valence-corrected chi connectivity index (χ1v) is 8.52. The standard InChI is InChI=1S/C13H18N2O2S2/c1-3-8-18-9-7-15-11(2)12-5-4-6-13(10-12)19(14,16)17/h1,4-6,10-11,15H,7-9H2,2H3,(H2,14,16,17). The summed E-state index contributed by atoms with van der Waals surface area (Å²) in [7, 11) is -3.65. The van der Waals surface area contributed by atoms with Crippen molar-refractivity contribution in [3.63, 3.8) is 0 Å². The minimum Gasteiger partial charge on any atom is -0.309 e. The number of hydrogen-bond donors (Lipinski definition) is 2. The number of thioether (sulfide) groups is 1. The summed E-state index contributed by atoms with van der Waals surface area (Å²) in [4.78, 5) is 0.139. The Morgan fingerprint density at radius 1 is 1.53 bits per heavy atom. The number of hydrogen-bond acceptors (Lipinski definition) is 4. The number of nitrogens with one attached hydrogen (secondary N) is 1. The quantitative estimate of drug-likeness (QED) is 0.589. The van der Waals surface area contributed by atoms with E-state index in [-0.39, 0.29) is 10.9 Å². The molecule has 0 radical (unpaired) electrons. The molecule has 1 atom stereocenters. The molecule has 3 N–H and O–H groups in total. The number of rotatable bonds is 7. The van der Waals surface area contributed by atoms with Gasteiger partial charge in [-0.3, -0.25) is 0 Å². The van der Waals surface area contributed by atoms with Crippen LogP contribution in [-0.4, -0.2) is 26.5 Å². The van der Waals surface area contributed by atoms with Gasteiger partial charge in [0, 0.05) is 18.3 Å². The number of benzene rings is 1. The maximum absolute atomic E-state index is 11.3. The molecule has 1 unspecified atom stereocenters. The second-order valence-corrected chi connectivity index (χ2v) is 6.72. The van der Waals surface area contributed by atoms with Crippen molar-refractivity contribution in [2.45, 2.75) is 17.9 Å². The van der Waals surface area contributed by atoms with Crippen LogP contribution in [0.3, 0.4) is 0 Å². The van der Waals surface area contributed by atoms with Gasteiger partial charge in [-0.15, -0.1) is 18.2 Å². The molecule has 0 bridgehead atoms. The minimum atomic E-state index is -3.65. The number of nitrogens with two attached hydrogens (primary N) is 1. The van der Waals surface area contributed by atoms with Gasteiger partial charge in [0.1, 0.15) is 0 Å². The molecule has 1 aromatic carbocycles. The molecule has 6 heteroatoms. The van der Waals surface area contributed by atoms with Gasteiger partial charge in [-0.1, -0.05) is 18.1 Å². The molecule has 0 fully saturated rings. The molecule has 0 aromatic heterocycles. The van der Waals surface area contributed by atoms with Crippen LogP contribution in [0.1, 0.15) is 18.5 Å². The zero-order chi connectivity index (χ0) is 14.3. The van der Waals surface area contributed by atoms with Crippen LogP contribution in [0.15, 0.2) is 29.2 Å². The highest BCUT2D eigenvalue weighted by Gasteiger charge is 2.10. The molecular formula is C13H18N2O2S2. The molecule has 1 aromatic rings. The Morgan fingerprint density at radius 2 is 2.26 bits per heavy atom. The maximum Gasteiger partial charge on any atom is 0.238 e. The smallest absolute Gasteiger partial charge is 0.238 e. The molecule has 4 nitrogen and oxygen atoms in total. The topological polar surface area (TPSA) is 72.2 Å². The second-order valence-electron chi connectivity index (χ2n) is 4.05. The van der Waals surface area contributed by atoms with Gasteiger partial charge in [0.15, 0.2) is 0 Å². The minimum absolute atomic E-state index is 0.0631. The Balaban J connectivity index is 2.58. The average Bonchev–Trinajstić information content (AvgIpc) is 2.37. The predicted molar refractivity (Wildman–Crippen MR) is 80.4 cm³/mol. The third-order valence-corrected chi connectivity index (χ3v) is 4.34. The molecule has 0 aliphatic rings. The van der Waals surface area contributed by atoms with Crippen molar-refractivity contribution in [3.8, 4) is 12.3 Å². The normalized spacial score (nSPS) is 12.9. The summed E-state index contributed by atoms with van der Waals surface area (Å²) in [5.74, 6) is 4.19. The van der Waals surface area contributed by atoms with E-state index in [1.807, 2.05) is 13.0 Å². The lowest BCUT2D eigenvalue weighted by Gasteiger charge is -2.14. The summed E-state index contributed by atoms with van der Waals surface area (Å²) >= 11 is 1.68. The SMILES string of the molecule is C#CCSCCNC(C)c1cccc(S(N)(=O)=O)c1. The predicted octanol–water partition coefficient (Wildman–Crippen LogP) is 1.35. The van der Waals surface area contributed by atoms with E-state index in [4.69, 9.17) is 11.6 Å². The molecule has 0 amide bonds. The molecule has 0 saturated carbocycles. The lowest BCUT2D eigenvalue weighted by molar-refractivity contribution is 0.592. The summed E-state index contributed by atoms with van der Waals surface area (Å²) in [6, 6.07) is 6.73. The van der Waals surface area contributed by atoms with Crippen molar-refractivity contribution in [3.05, 3.63) is 29.8 Å². The molecule has 1 rings (SSSR count). The van der Waals surface area contributed by atoms with E-state index in [0.29, 0.717) is 5.75 Å². The van der Waals surface area contributed by atoms with E-state index in [9.17, 15) is 8.42 Å². The van der Waals surface area contributed by atoms with Crippen LogP contribution >= 0.6 is 11.8 Å². The number of sulfonamides is 1. The van der Waals surface area contributed by atoms with Gasteiger partial charge in [-0.05, 0) is 24.6 Å². The molecule has 0 aliphatic carbocycles. The first-order valence-electron chi connectivity index (χ1n) is 5.82. The Kier molecular flexibility index (Phi) is 6.38. The lowest BCUT2D eigenvalue weighted by atomic mass is 10.1. The van der Waals surface area contributed by atoms with E-state index in [1.54, 1.807) is 23.9 Å². The van der Waals surface area contributed by atoms with Gasteiger partial charge >= 0.3 is 0 Å². The molecule has 19 heavy (non-hydrogen) atoms. The molecule has 104 valence electrons. The second kappa shape index (κ2) is 7.56. The van der Waals surface area contributed by atoms with Crippen LogP contribution in [0.5, 0.6) is 0 Å². The average molecular weight is 298 g/mol. The van der Waals surface area contributed by atoms with Crippen molar-refractivity contribution in [1.29, 1.82) is 0 Å². The van der Waals surface area contributed by atoms with Gasteiger partial charge in [0.05, 0.1) is 10.6 Å². The fraction of sp³-hybridized carbons (Fsp3) is 0.385. The van der Waals surface area contributed by atoms with Crippen molar-refractivity contribution in [1.82, 2.24) is 5.32 Å². The van der Waals surface area contributed by atoms with Gasteiger partial charge < -0.3 is 5.32 Å². The summed E-state index contributed by atoms with van der Waals surface area (Å²) in [5, 5.41) is 8.42. The zero-order valence-corrected chi connectivity index (χ0v) is 12.4. The molecular weight excluding hydrogens is 280 g/mol. The first-order chi connectivity index (χ1) is 8.95. The fourth-order valence-electron chi connectivity index (χ4n) is 1.56. The number of primary sulfonamides is 1.